The fraction of sp³-hybridized carbons (Fsp3) is 0.607. The SMILES string of the molecule is CC(C)(C)OC(=O)N1CCc2ccccc2[C@@H]1CNC(=O)C1CCCCC1.CC(C)(C)OC(=O)N1CCc2ccccc2[C@@H]1CNC(=O)C1CCCCC1.O=C(C1CCCCC1)N1CC(=O)N2CCc3ccccc3[C@@H]2C1.O=C(Cl)CCl.O=C(NC[C@H]1c2ccccc2CCN1C(=O)CCl)C1CCCCC1. The number of piperazine rings is 1. The van der Waals surface area contributed by atoms with E-state index in [1.165, 1.54) is 53.5 Å². The molecule has 22 heteroatoms. The number of nitrogens with one attached hydrogen (secondary N) is 3. The lowest BCUT2D eigenvalue weighted by Gasteiger charge is -2.45. The molecule has 5 heterocycles. The lowest BCUT2D eigenvalue weighted by molar-refractivity contribution is -0.152. The molecule has 1 saturated heterocycles. The molecular formula is C84H115Cl3N8O11. The van der Waals surface area contributed by atoms with Crippen molar-refractivity contribution in [1.82, 2.24) is 40.4 Å². The Morgan fingerprint density at radius 1 is 0.425 bits per heavy atom. The molecule has 0 unspecified atom stereocenters. The molecule has 4 aliphatic carbocycles. The number of alkyl halides is 2. The Hall–Kier alpha value is -7.22. The van der Waals surface area contributed by atoms with E-state index in [-0.39, 0.29) is 114 Å². The third-order valence-electron chi connectivity index (χ3n) is 22.1. The molecule has 9 aliphatic rings. The Bertz CT molecular complexity index is 3490. The summed E-state index contributed by atoms with van der Waals surface area (Å²) in [6, 6.07) is 32.5. The minimum Gasteiger partial charge on any atom is -0.444 e. The van der Waals surface area contributed by atoms with Crippen molar-refractivity contribution in [2.75, 3.05) is 70.7 Å². The molecule has 5 fully saturated rings. The van der Waals surface area contributed by atoms with Crippen LogP contribution in [0.3, 0.4) is 0 Å². The van der Waals surface area contributed by atoms with Crippen molar-refractivity contribution in [2.45, 2.75) is 231 Å². The van der Waals surface area contributed by atoms with Gasteiger partial charge in [-0.05, 0) is 175 Å². The lowest BCUT2D eigenvalue weighted by atomic mass is 9.87. The molecule has 5 aliphatic heterocycles. The molecule has 4 aromatic rings. The number of amides is 8. The van der Waals surface area contributed by atoms with Crippen LogP contribution in [0, 0.1) is 23.7 Å². The highest BCUT2D eigenvalue weighted by molar-refractivity contribution is 6.67. The van der Waals surface area contributed by atoms with Crippen LogP contribution in [0.15, 0.2) is 97.1 Å². The fourth-order valence-corrected chi connectivity index (χ4v) is 16.8. The van der Waals surface area contributed by atoms with Crippen molar-refractivity contribution in [1.29, 1.82) is 0 Å². The Morgan fingerprint density at radius 3 is 1.08 bits per heavy atom. The van der Waals surface area contributed by atoms with Crippen molar-refractivity contribution >= 4 is 87.7 Å². The summed E-state index contributed by atoms with van der Waals surface area (Å²) in [6.07, 6.45) is 24.7. The van der Waals surface area contributed by atoms with Crippen LogP contribution in [0.1, 0.15) is 239 Å². The number of carbonyl (C=O) groups excluding carboxylic acids is 9. The first-order chi connectivity index (χ1) is 50.9. The molecule has 19 nitrogen and oxygen atoms in total. The standard InChI is InChI=1S/2C22H32N2O3.C19H25ClN2O2.C19H24N2O2.C2H2Cl2O/c2*1-22(2,3)27-21(26)24-14-13-16-9-7-8-12-18(16)19(24)15-23-20(25)17-10-5-4-6-11-17;20-12-18(23)22-11-10-14-6-4-5-9-16(14)17(22)13-21-19(24)15-7-2-1-3-8-15;22-18-13-20(19(23)15-7-2-1-3-8-15)12-17-16-9-5-4-6-14(16)10-11-21(17)18;3-1-2(4)5/h2*7-9,12,17,19H,4-6,10-11,13-15H2,1-3H3,(H,23,25);4-6,9,15,17H,1-3,7-8,10-13H2,(H,21,24);4-6,9,15,17H,1-3,7-8,10-13H2;1H2/t2*19-;2*17-;/m0000./s1. The Balaban J connectivity index is 0.000000160. The van der Waals surface area contributed by atoms with Crippen LogP contribution >= 0.6 is 34.8 Å². The van der Waals surface area contributed by atoms with Gasteiger partial charge in [0.15, 0.2) is 0 Å². The molecule has 13 rings (SSSR count). The quantitative estimate of drug-likeness (QED) is 0.0893. The number of ether oxygens (including phenoxy) is 2. The second-order valence-corrected chi connectivity index (χ2v) is 32.8. The third kappa shape index (κ3) is 23.6. The highest BCUT2D eigenvalue weighted by atomic mass is 35.5. The smallest absolute Gasteiger partial charge is 0.410 e. The molecule has 578 valence electrons. The van der Waals surface area contributed by atoms with Gasteiger partial charge in [-0.3, -0.25) is 43.4 Å². The number of hydrogen-bond donors (Lipinski definition) is 3. The molecule has 0 bridgehead atoms. The number of benzene rings is 4. The minimum absolute atomic E-state index is 0.0186. The number of fused-ring (bicyclic) bond motifs is 6. The zero-order valence-electron chi connectivity index (χ0n) is 63.5. The van der Waals surface area contributed by atoms with E-state index in [9.17, 15) is 43.2 Å². The van der Waals surface area contributed by atoms with E-state index >= 15 is 0 Å². The van der Waals surface area contributed by atoms with Gasteiger partial charge in [0.2, 0.25) is 40.7 Å². The molecule has 8 amide bonds. The molecule has 106 heavy (non-hydrogen) atoms. The Morgan fingerprint density at radius 2 is 0.736 bits per heavy atom. The van der Waals surface area contributed by atoms with E-state index in [4.69, 9.17) is 44.3 Å². The molecule has 0 aromatic heterocycles. The Kier molecular flexibility index (Phi) is 31.5. The molecule has 0 radical (unpaired) electrons. The molecule has 3 N–H and O–H groups in total. The molecule has 4 aromatic carbocycles. The van der Waals surface area contributed by atoms with Gasteiger partial charge in [-0.2, -0.15) is 0 Å². The van der Waals surface area contributed by atoms with Gasteiger partial charge in [-0.25, -0.2) is 9.59 Å². The summed E-state index contributed by atoms with van der Waals surface area (Å²) in [5.41, 5.74) is 8.58. The van der Waals surface area contributed by atoms with Crippen molar-refractivity contribution in [2.24, 2.45) is 23.7 Å². The summed E-state index contributed by atoms with van der Waals surface area (Å²) >= 11 is 15.3. The number of rotatable bonds is 12. The van der Waals surface area contributed by atoms with Gasteiger partial charge in [-0.1, -0.05) is 174 Å². The highest BCUT2D eigenvalue weighted by Gasteiger charge is 2.42. The average Bonchev–Trinajstić information content (AvgIpc) is 0.760. The van der Waals surface area contributed by atoms with E-state index in [0.717, 1.165) is 152 Å². The van der Waals surface area contributed by atoms with Gasteiger partial charge in [-0.15, -0.1) is 23.2 Å². The van der Waals surface area contributed by atoms with Crippen LogP contribution in [-0.2, 0) is 68.7 Å². The largest absolute Gasteiger partial charge is 0.444 e. The van der Waals surface area contributed by atoms with Crippen LogP contribution in [0.25, 0.3) is 0 Å². The molecule has 4 saturated carbocycles. The topological polar surface area (TPSA) is 224 Å². The maximum absolute atomic E-state index is 12.8. The number of halogens is 3. The second kappa shape index (κ2) is 40.3. The number of nitrogens with zero attached hydrogens (tertiary/aromatic N) is 5. The fourth-order valence-electron chi connectivity index (χ4n) is 16.6. The van der Waals surface area contributed by atoms with Crippen molar-refractivity contribution < 1.29 is 52.6 Å². The van der Waals surface area contributed by atoms with Crippen LogP contribution < -0.4 is 16.0 Å². The van der Waals surface area contributed by atoms with Crippen molar-refractivity contribution in [3.8, 4) is 0 Å². The van der Waals surface area contributed by atoms with E-state index < -0.39 is 16.4 Å². The monoisotopic (exact) mass is 1520 g/mol. The second-order valence-electron chi connectivity index (χ2n) is 31.8. The van der Waals surface area contributed by atoms with Gasteiger partial charge in [0.05, 0.1) is 36.6 Å². The Labute approximate surface area is 644 Å². The first-order valence-corrected chi connectivity index (χ1v) is 40.7. The highest BCUT2D eigenvalue weighted by Crippen LogP contribution is 2.38. The van der Waals surface area contributed by atoms with Gasteiger partial charge in [0.1, 0.15) is 17.1 Å². The van der Waals surface area contributed by atoms with E-state index in [2.05, 4.69) is 70.5 Å². The first-order valence-electron chi connectivity index (χ1n) is 39.2. The summed E-state index contributed by atoms with van der Waals surface area (Å²) < 4.78 is 11.2. The number of hydrogen-bond acceptors (Lipinski definition) is 11. The zero-order chi connectivity index (χ0) is 75.9. The average molecular weight is 1520 g/mol. The van der Waals surface area contributed by atoms with Crippen LogP contribution in [0.2, 0.25) is 0 Å². The number of carbonyl (C=O) groups is 9. The summed E-state index contributed by atoms with van der Waals surface area (Å²) in [6.45, 7) is 16.2. The van der Waals surface area contributed by atoms with Gasteiger partial charge in [0, 0.05) is 76.0 Å². The molecule has 0 spiro atoms. The minimum atomic E-state index is -0.538. The van der Waals surface area contributed by atoms with Gasteiger partial charge < -0.3 is 40.1 Å². The maximum atomic E-state index is 12.8. The van der Waals surface area contributed by atoms with Crippen LogP contribution in [0.5, 0.6) is 0 Å². The van der Waals surface area contributed by atoms with E-state index in [1.54, 1.807) is 9.80 Å². The summed E-state index contributed by atoms with van der Waals surface area (Å²) in [5, 5.41) is 8.83. The van der Waals surface area contributed by atoms with Crippen molar-refractivity contribution in [3.63, 3.8) is 0 Å². The maximum Gasteiger partial charge on any atom is 0.410 e. The first kappa shape index (κ1) is 82.8. The summed E-state index contributed by atoms with van der Waals surface area (Å²) in [5.74, 6) is 1.04. The zero-order valence-corrected chi connectivity index (χ0v) is 65.7. The van der Waals surface area contributed by atoms with Crippen LogP contribution in [0.4, 0.5) is 9.59 Å². The molecular weight excluding hydrogens is 1400 g/mol. The molecule has 4 atom stereocenters. The van der Waals surface area contributed by atoms with E-state index in [0.29, 0.717) is 45.8 Å². The predicted octanol–water partition coefficient (Wildman–Crippen LogP) is 15.0. The van der Waals surface area contributed by atoms with Gasteiger partial charge >= 0.3 is 12.2 Å². The summed E-state index contributed by atoms with van der Waals surface area (Å²) in [7, 11) is 0. The van der Waals surface area contributed by atoms with Gasteiger partial charge in [0.25, 0.3) is 0 Å². The van der Waals surface area contributed by atoms with Crippen LogP contribution in [-0.4, -0.2) is 159 Å². The third-order valence-corrected chi connectivity index (χ3v) is 22.8. The normalized spacial score (nSPS) is 21.1. The summed E-state index contributed by atoms with van der Waals surface area (Å²) in [4.78, 5) is 119. The van der Waals surface area contributed by atoms with E-state index in [1.807, 2.05) is 98.7 Å². The predicted molar refractivity (Wildman–Crippen MR) is 415 cm³/mol. The van der Waals surface area contributed by atoms with Crippen molar-refractivity contribution in [3.05, 3.63) is 142 Å². The lowest BCUT2D eigenvalue weighted by Crippen LogP contribution is -2.56.